The van der Waals surface area contributed by atoms with Crippen molar-refractivity contribution in [3.63, 3.8) is 0 Å². The van der Waals surface area contributed by atoms with Crippen LogP contribution in [0, 0.1) is 12.3 Å². The molecular formula is C31H41N7O7S. The van der Waals surface area contributed by atoms with Crippen LogP contribution in [0.1, 0.15) is 50.9 Å². The number of hydrogen-bond acceptors (Lipinski definition) is 9. The Bertz CT molecular complexity index is 1450. The maximum absolute atomic E-state index is 13.9. The maximum atomic E-state index is 13.9. The van der Waals surface area contributed by atoms with Gasteiger partial charge in [-0.2, -0.15) is 0 Å². The van der Waals surface area contributed by atoms with Crippen LogP contribution >= 0.6 is 11.3 Å². The summed E-state index contributed by atoms with van der Waals surface area (Å²) in [5.41, 5.74) is 3.27. The first-order valence-corrected chi connectivity index (χ1v) is 16.0. The number of aryl methyl sites for hydroxylation is 1. The smallest absolute Gasteiger partial charge is 0.247 e. The van der Waals surface area contributed by atoms with E-state index in [1.165, 1.54) is 16.2 Å². The van der Waals surface area contributed by atoms with Crippen LogP contribution in [0.5, 0.6) is 0 Å². The Labute approximate surface area is 271 Å². The number of thiazole rings is 1. The highest BCUT2D eigenvalue weighted by Gasteiger charge is 2.42. The molecule has 0 saturated carbocycles. The van der Waals surface area contributed by atoms with E-state index in [1.807, 2.05) is 39.8 Å². The molecule has 14 nitrogen and oxygen atoms in total. The van der Waals surface area contributed by atoms with E-state index < -0.39 is 65.5 Å². The van der Waals surface area contributed by atoms with Gasteiger partial charge in [0.25, 0.3) is 0 Å². The number of hydrogen-bond donors (Lipinski definition) is 5. The van der Waals surface area contributed by atoms with E-state index in [0.29, 0.717) is 24.9 Å². The molecule has 1 aromatic heterocycles. The lowest BCUT2D eigenvalue weighted by Crippen LogP contribution is -2.58. The Hall–Kier alpha value is -4.37. The number of benzene rings is 1. The van der Waals surface area contributed by atoms with Crippen LogP contribution in [-0.4, -0.2) is 96.8 Å². The van der Waals surface area contributed by atoms with Crippen molar-refractivity contribution in [3.05, 3.63) is 41.0 Å². The van der Waals surface area contributed by atoms with Crippen molar-refractivity contribution in [3.8, 4) is 10.4 Å². The number of nitrogens with zero attached hydrogens (tertiary/aromatic N) is 2. The van der Waals surface area contributed by atoms with Gasteiger partial charge in [-0.25, -0.2) is 4.98 Å². The number of ether oxygens (including phenoxy) is 1. The van der Waals surface area contributed by atoms with Crippen molar-refractivity contribution < 1.29 is 33.5 Å². The first-order chi connectivity index (χ1) is 21.8. The third kappa shape index (κ3) is 8.88. The predicted octanol–water partition coefficient (Wildman–Crippen LogP) is 0.177. The first kappa shape index (κ1) is 34.5. The van der Waals surface area contributed by atoms with Crippen molar-refractivity contribution in [2.75, 3.05) is 39.4 Å². The third-order valence-electron chi connectivity index (χ3n) is 7.73. The summed E-state index contributed by atoms with van der Waals surface area (Å²) in [5, 5.41) is 13.1. The Morgan fingerprint density at radius 2 is 1.59 bits per heavy atom. The molecule has 3 atom stereocenters. The average molecular weight is 656 g/mol. The molecule has 5 N–H and O–H groups in total. The summed E-state index contributed by atoms with van der Waals surface area (Å²) in [4.78, 5) is 85.1. The summed E-state index contributed by atoms with van der Waals surface area (Å²) in [5.74, 6) is -3.22. The quantitative estimate of drug-likeness (QED) is 0.303. The molecule has 3 heterocycles. The molecule has 1 unspecified atom stereocenters. The highest BCUT2D eigenvalue weighted by molar-refractivity contribution is 7.13. The molecule has 2 aromatic rings. The minimum atomic E-state index is -1.19. The van der Waals surface area contributed by atoms with Gasteiger partial charge in [-0.1, -0.05) is 45.0 Å². The summed E-state index contributed by atoms with van der Waals surface area (Å²) in [7, 11) is 0. The monoisotopic (exact) mass is 655 g/mol. The first-order valence-electron chi connectivity index (χ1n) is 15.1. The molecule has 2 aliphatic heterocycles. The van der Waals surface area contributed by atoms with Gasteiger partial charge in [-0.3, -0.25) is 28.8 Å². The second-order valence-electron chi connectivity index (χ2n) is 12.3. The zero-order valence-corrected chi connectivity index (χ0v) is 27.3. The largest absolute Gasteiger partial charge is 0.370 e. The Kier molecular flexibility index (Phi) is 11.5. The zero-order valence-electron chi connectivity index (χ0n) is 26.4. The second-order valence-corrected chi connectivity index (χ2v) is 13.1. The van der Waals surface area contributed by atoms with Crippen molar-refractivity contribution in [1.82, 2.24) is 36.5 Å². The van der Waals surface area contributed by atoms with Crippen LogP contribution in [0.15, 0.2) is 29.8 Å². The molecular weight excluding hydrogens is 614 g/mol. The fourth-order valence-corrected chi connectivity index (χ4v) is 6.08. The van der Waals surface area contributed by atoms with Crippen LogP contribution in [0.2, 0.25) is 0 Å². The van der Waals surface area contributed by atoms with Gasteiger partial charge in [0.15, 0.2) is 0 Å². The Morgan fingerprint density at radius 3 is 2.26 bits per heavy atom. The lowest BCUT2D eigenvalue weighted by Gasteiger charge is -2.35. The molecule has 1 aromatic carbocycles. The van der Waals surface area contributed by atoms with Crippen LogP contribution in [0.25, 0.3) is 10.4 Å². The fourth-order valence-electron chi connectivity index (χ4n) is 5.27. The molecule has 46 heavy (non-hydrogen) atoms. The van der Waals surface area contributed by atoms with Gasteiger partial charge in [0.1, 0.15) is 24.7 Å². The lowest BCUT2D eigenvalue weighted by atomic mass is 9.85. The molecule has 2 saturated heterocycles. The normalized spacial score (nSPS) is 23.3. The van der Waals surface area contributed by atoms with Crippen LogP contribution in [0.3, 0.4) is 0 Å². The van der Waals surface area contributed by atoms with Gasteiger partial charge in [-0.05, 0) is 36.3 Å². The van der Waals surface area contributed by atoms with Crippen molar-refractivity contribution in [1.29, 1.82) is 0 Å². The van der Waals surface area contributed by atoms with Crippen molar-refractivity contribution >= 4 is 46.8 Å². The number of rotatable bonds is 2. The molecule has 0 spiro atoms. The van der Waals surface area contributed by atoms with Gasteiger partial charge < -0.3 is 36.2 Å². The zero-order chi connectivity index (χ0) is 33.4. The molecule has 2 aliphatic rings. The maximum Gasteiger partial charge on any atom is 0.247 e. The highest BCUT2D eigenvalue weighted by atomic mass is 32.1. The van der Waals surface area contributed by atoms with E-state index in [9.17, 15) is 28.8 Å². The summed E-state index contributed by atoms with van der Waals surface area (Å²) in [6, 6.07) is 4.06. The number of carbonyl (C=O) groups is 6. The van der Waals surface area contributed by atoms with Gasteiger partial charge in [-0.15, -0.1) is 11.3 Å². The van der Waals surface area contributed by atoms with Gasteiger partial charge >= 0.3 is 0 Å². The number of nitrogens with one attached hydrogen (secondary N) is 5. The van der Waals surface area contributed by atoms with Gasteiger partial charge in [0, 0.05) is 13.1 Å². The van der Waals surface area contributed by atoms with E-state index in [-0.39, 0.29) is 26.3 Å². The van der Waals surface area contributed by atoms with Crippen LogP contribution in [0.4, 0.5) is 0 Å². The topological polar surface area (TPSA) is 188 Å². The summed E-state index contributed by atoms with van der Waals surface area (Å²) < 4.78 is 5.36. The molecule has 0 aliphatic carbocycles. The fraction of sp³-hybridized carbons (Fsp3) is 0.516. The van der Waals surface area contributed by atoms with Crippen molar-refractivity contribution in [2.45, 2.75) is 58.7 Å². The second kappa shape index (κ2) is 15.3. The van der Waals surface area contributed by atoms with Crippen LogP contribution < -0.4 is 26.6 Å². The van der Waals surface area contributed by atoms with Gasteiger partial charge in [0.05, 0.1) is 35.8 Å². The molecule has 0 bridgehead atoms. The van der Waals surface area contributed by atoms with E-state index >= 15 is 0 Å². The minimum Gasteiger partial charge on any atom is -0.370 e. The molecule has 0 radical (unpaired) electrons. The van der Waals surface area contributed by atoms with Crippen molar-refractivity contribution in [2.24, 2.45) is 5.41 Å². The lowest BCUT2D eigenvalue weighted by molar-refractivity contribution is -0.145. The average Bonchev–Trinajstić information content (AvgIpc) is 3.68. The predicted molar refractivity (Wildman–Crippen MR) is 169 cm³/mol. The number of carbonyl (C=O) groups excluding carboxylic acids is 6. The minimum absolute atomic E-state index is 0.0256. The van der Waals surface area contributed by atoms with Crippen LogP contribution in [-0.2, 0) is 33.5 Å². The molecule has 6 amide bonds. The summed E-state index contributed by atoms with van der Waals surface area (Å²) in [6.45, 7) is 6.64. The third-order valence-corrected chi connectivity index (χ3v) is 8.71. The summed E-state index contributed by atoms with van der Waals surface area (Å²) >= 11 is 1.48. The van der Waals surface area contributed by atoms with E-state index in [0.717, 1.165) is 16.1 Å². The standard InChI is InChI=1S/C31H41N7O7S/c1-18-26(46-17-35-18)20-9-7-19(8-10-20)25-29(43)34-15-23(40)33-14-22(39)32-11-13-45-16-24(41)36-27(31(2,3)4)30(44)38-12-5-6-21(38)28(42)37-25/h7-10,17,21,25,27H,5-6,11-16H2,1-4H3,(H,32,39)(H,33,40)(H,34,43)(H,36,41)(H,37,42)/t21-,25+,27?/m0/s1. The SMILES string of the molecule is Cc1ncsc1-c1ccc([C@H]2NC(=O)[C@@H]3CCCN3C(=O)C(C(C)(C)C)NC(=O)COCCNC(=O)CNC(=O)CNC2=O)cc1. The summed E-state index contributed by atoms with van der Waals surface area (Å²) in [6.07, 6.45) is 0.927. The number of aromatic nitrogens is 1. The molecule has 248 valence electrons. The van der Waals surface area contributed by atoms with E-state index in [2.05, 4.69) is 31.6 Å². The number of fused-ring (bicyclic) bond motifs is 1. The number of amides is 6. The van der Waals surface area contributed by atoms with E-state index in [1.54, 1.807) is 17.6 Å². The highest BCUT2D eigenvalue weighted by Crippen LogP contribution is 2.29. The molecule has 2 fully saturated rings. The van der Waals surface area contributed by atoms with E-state index in [4.69, 9.17) is 4.74 Å². The molecule has 4 rings (SSSR count). The Balaban J connectivity index is 1.62. The molecule has 15 heteroatoms. The van der Waals surface area contributed by atoms with Gasteiger partial charge in [0.2, 0.25) is 35.4 Å². The Morgan fingerprint density at radius 1 is 0.891 bits per heavy atom.